The van der Waals surface area contributed by atoms with E-state index in [1.54, 1.807) is 18.5 Å². The standard InChI is InChI=1S/C14H13ClN2O3/c15-10-3-4-16-13-11(10)9(6-17-13)12(18)7-1-2-8(5-7)14(19)20/h3-4,6-8H,1-2,5H2,(H,16,17)(H,19,20). The molecule has 2 atom stereocenters. The molecule has 0 spiro atoms. The number of hydrogen-bond donors (Lipinski definition) is 2. The van der Waals surface area contributed by atoms with Crippen molar-refractivity contribution in [2.75, 3.05) is 0 Å². The van der Waals surface area contributed by atoms with Crippen LogP contribution in [0.2, 0.25) is 5.02 Å². The third-order valence-electron chi connectivity index (χ3n) is 3.94. The number of carbonyl (C=O) groups is 2. The zero-order valence-corrected chi connectivity index (χ0v) is 11.4. The van der Waals surface area contributed by atoms with Crippen LogP contribution in [0.15, 0.2) is 18.5 Å². The van der Waals surface area contributed by atoms with Crippen molar-refractivity contribution >= 4 is 34.4 Å². The van der Waals surface area contributed by atoms with E-state index < -0.39 is 11.9 Å². The average molecular weight is 293 g/mol. The predicted octanol–water partition coefficient (Wildman–Crippen LogP) is 2.90. The third kappa shape index (κ3) is 2.08. The molecule has 1 fully saturated rings. The molecular formula is C14H13ClN2O3. The Kier molecular flexibility index (Phi) is 3.22. The van der Waals surface area contributed by atoms with Crippen LogP contribution in [-0.2, 0) is 4.79 Å². The lowest BCUT2D eigenvalue weighted by Crippen LogP contribution is -2.14. The van der Waals surface area contributed by atoms with Crippen molar-refractivity contribution < 1.29 is 14.7 Å². The Balaban J connectivity index is 1.92. The molecule has 0 aromatic carbocycles. The monoisotopic (exact) mass is 292 g/mol. The lowest BCUT2D eigenvalue weighted by atomic mass is 9.95. The summed E-state index contributed by atoms with van der Waals surface area (Å²) < 4.78 is 0. The molecule has 0 bridgehead atoms. The minimum atomic E-state index is -0.820. The summed E-state index contributed by atoms with van der Waals surface area (Å²) in [5.41, 5.74) is 1.09. The molecule has 0 radical (unpaired) electrons. The summed E-state index contributed by atoms with van der Waals surface area (Å²) in [6.07, 6.45) is 4.75. The Labute approximate surface area is 120 Å². The molecule has 2 aromatic rings. The van der Waals surface area contributed by atoms with Crippen molar-refractivity contribution in [3.8, 4) is 0 Å². The number of ketones is 1. The van der Waals surface area contributed by atoms with Crippen LogP contribution in [0, 0.1) is 11.8 Å². The first-order valence-electron chi connectivity index (χ1n) is 6.46. The first kappa shape index (κ1) is 13.1. The quantitative estimate of drug-likeness (QED) is 0.852. The van der Waals surface area contributed by atoms with Gasteiger partial charge in [0.15, 0.2) is 5.78 Å². The number of H-pyrrole nitrogens is 1. The number of aromatic nitrogens is 2. The number of Topliss-reactive ketones (excluding diaryl/α,β-unsaturated/α-hetero) is 1. The molecule has 3 rings (SSSR count). The summed E-state index contributed by atoms with van der Waals surface area (Å²) in [6, 6.07) is 1.64. The van der Waals surface area contributed by atoms with Gasteiger partial charge in [-0.05, 0) is 25.3 Å². The lowest BCUT2D eigenvalue weighted by molar-refractivity contribution is -0.141. The van der Waals surface area contributed by atoms with Gasteiger partial charge in [0.25, 0.3) is 0 Å². The van der Waals surface area contributed by atoms with E-state index in [0.29, 0.717) is 40.9 Å². The second kappa shape index (κ2) is 4.90. The van der Waals surface area contributed by atoms with Gasteiger partial charge in [-0.25, -0.2) is 4.98 Å². The third-order valence-corrected chi connectivity index (χ3v) is 4.26. The van der Waals surface area contributed by atoms with E-state index in [4.69, 9.17) is 16.7 Å². The highest BCUT2D eigenvalue weighted by Gasteiger charge is 2.35. The van der Waals surface area contributed by atoms with E-state index in [2.05, 4.69) is 9.97 Å². The maximum Gasteiger partial charge on any atom is 0.306 e. The van der Waals surface area contributed by atoms with E-state index in [0.717, 1.165) is 0 Å². The van der Waals surface area contributed by atoms with Crippen LogP contribution in [0.5, 0.6) is 0 Å². The van der Waals surface area contributed by atoms with Crippen molar-refractivity contribution in [1.29, 1.82) is 0 Å². The highest BCUT2D eigenvalue weighted by molar-refractivity contribution is 6.36. The Hall–Kier alpha value is -1.88. The van der Waals surface area contributed by atoms with E-state index in [9.17, 15) is 9.59 Å². The minimum absolute atomic E-state index is 0.0464. The first-order chi connectivity index (χ1) is 9.58. The number of carboxylic acid groups (broad SMARTS) is 1. The molecule has 0 aliphatic heterocycles. The Morgan fingerprint density at radius 1 is 1.35 bits per heavy atom. The number of pyridine rings is 1. The summed E-state index contributed by atoms with van der Waals surface area (Å²) in [5.74, 6) is -1.53. The topological polar surface area (TPSA) is 83.0 Å². The summed E-state index contributed by atoms with van der Waals surface area (Å²) in [7, 11) is 0. The number of hydrogen-bond acceptors (Lipinski definition) is 3. The summed E-state index contributed by atoms with van der Waals surface area (Å²) in [5, 5.41) is 10.1. The molecule has 0 amide bonds. The highest BCUT2D eigenvalue weighted by atomic mass is 35.5. The van der Waals surface area contributed by atoms with E-state index in [1.807, 2.05) is 0 Å². The minimum Gasteiger partial charge on any atom is -0.481 e. The molecule has 6 heteroatoms. The largest absolute Gasteiger partial charge is 0.481 e. The van der Waals surface area contributed by atoms with Crippen LogP contribution in [-0.4, -0.2) is 26.8 Å². The SMILES string of the molecule is O=C(O)C1CCC(C(=O)c2c[nH]c3nccc(Cl)c23)C1. The van der Waals surface area contributed by atoms with E-state index in [1.165, 1.54) is 0 Å². The predicted molar refractivity (Wildman–Crippen MR) is 73.9 cm³/mol. The second-order valence-corrected chi connectivity index (χ2v) is 5.54. The molecule has 2 N–H and O–H groups in total. The smallest absolute Gasteiger partial charge is 0.306 e. The Morgan fingerprint density at radius 3 is 2.80 bits per heavy atom. The van der Waals surface area contributed by atoms with Gasteiger partial charge in [-0.1, -0.05) is 11.6 Å². The molecule has 20 heavy (non-hydrogen) atoms. The number of aromatic amines is 1. The van der Waals surface area contributed by atoms with Crippen LogP contribution >= 0.6 is 11.6 Å². The van der Waals surface area contributed by atoms with Crippen molar-refractivity contribution in [2.24, 2.45) is 11.8 Å². The van der Waals surface area contributed by atoms with Gasteiger partial charge in [-0.15, -0.1) is 0 Å². The fourth-order valence-corrected chi connectivity index (χ4v) is 3.12. The van der Waals surface area contributed by atoms with Crippen LogP contribution in [0.1, 0.15) is 29.6 Å². The number of halogens is 1. The summed E-state index contributed by atoms with van der Waals surface area (Å²) in [4.78, 5) is 30.6. The number of carbonyl (C=O) groups excluding carboxylic acids is 1. The van der Waals surface area contributed by atoms with E-state index >= 15 is 0 Å². The van der Waals surface area contributed by atoms with Gasteiger partial charge in [0, 0.05) is 29.3 Å². The first-order valence-corrected chi connectivity index (χ1v) is 6.84. The molecule has 5 nitrogen and oxygen atoms in total. The normalized spacial score (nSPS) is 22.2. The number of nitrogens with zero attached hydrogens (tertiary/aromatic N) is 1. The number of fused-ring (bicyclic) bond motifs is 1. The van der Waals surface area contributed by atoms with Crippen molar-refractivity contribution in [2.45, 2.75) is 19.3 Å². The van der Waals surface area contributed by atoms with Gasteiger partial charge in [0.05, 0.1) is 10.9 Å². The highest BCUT2D eigenvalue weighted by Crippen LogP contribution is 2.35. The zero-order chi connectivity index (χ0) is 14.3. The Morgan fingerprint density at radius 2 is 2.10 bits per heavy atom. The average Bonchev–Trinajstić information content (AvgIpc) is 3.05. The molecule has 1 aliphatic rings. The van der Waals surface area contributed by atoms with Crippen LogP contribution < -0.4 is 0 Å². The molecule has 104 valence electrons. The van der Waals surface area contributed by atoms with Crippen LogP contribution in [0.3, 0.4) is 0 Å². The number of aliphatic carboxylic acids is 1. The number of nitrogens with one attached hydrogen (secondary N) is 1. The molecule has 2 aromatic heterocycles. The van der Waals surface area contributed by atoms with Crippen LogP contribution in [0.4, 0.5) is 0 Å². The van der Waals surface area contributed by atoms with E-state index in [-0.39, 0.29) is 11.7 Å². The van der Waals surface area contributed by atoms with Crippen molar-refractivity contribution in [3.63, 3.8) is 0 Å². The summed E-state index contributed by atoms with van der Waals surface area (Å²) in [6.45, 7) is 0. The maximum absolute atomic E-state index is 12.5. The molecule has 2 heterocycles. The van der Waals surface area contributed by atoms with Gasteiger partial charge in [0.2, 0.25) is 0 Å². The van der Waals surface area contributed by atoms with Crippen molar-refractivity contribution in [3.05, 3.63) is 29.0 Å². The van der Waals surface area contributed by atoms with Crippen LogP contribution in [0.25, 0.3) is 11.0 Å². The fourth-order valence-electron chi connectivity index (χ4n) is 2.87. The zero-order valence-electron chi connectivity index (χ0n) is 10.6. The number of rotatable bonds is 3. The second-order valence-electron chi connectivity index (χ2n) is 5.13. The van der Waals surface area contributed by atoms with Gasteiger partial charge in [-0.3, -0.25) is 9.59 Å². The Bertz CT molecular complexity index is 695. The number of carboxylic acids is 1. The fraction of sp³-hybridized carbons (Fsp3) is 0.357. The van der Waals surface area contributed by atoms with Gasteiger partial charge < -0.3 is 10.1 Å². The van der Waals surface area contributed by atoms with Crippen molar-refractivity contribution in [1.82, 2.24) is 9.97 Å². The maximum atomic E-state index is 12.5. The van der Waals surface area contributed by atoms with Gasteiger partial charge in [0.1, 0.15) is 5.65 Å². The summed E-state index contributed by atoms with van der Waals surface area (Å²) >= 11 is 6.13. The van der Waals surface area contributed by atoms with Gasteiger partial charge >= 0.3 is 5.97 Å². The molecular weight excluding hydrogens is 280 g/mol. The molecule has 0 saturated heterocycles. The lowest BCUT2D eigenvalue weighted by Gasteiger charge is -2.08. The molecule has 2 unspecified atom stereocenters. The molecule has 1 saturated carbocycles. The van der Waals surface area contributed by atoms with Gasteiger partial charge in [-0.2, -0.15) is 0 Å². The molecule has 1 aliphatic carbocycles.